The number of hydrogen-bond acceptors (Lipinski definition) is 2. The van der Waals surface area contributed by atoms with Crippen LogP contribution in [0.1, 0.15) is 18.5 Å². The molecule has 2 rings (SSSR count). The minimum Gasteiger partial charge on any atom is -0.497 e. The normalized spacial score (nSPS) is 12.2. The Morgan fingerprint density at radius 3 is 2.05 bits per heavy atom. The van der Waals surface area contributed by atoms with Gasteiger partial charge in [0.2, 0.25) is 0 Å². The van der Waals surface area contributed by atoms with Crippen molar-refractivity contribution in [3.63, 3.8) is 0 Å². The third kappa shape index (κ3) is 2.80. The molecule has 0 aliphatic carbocycles. The van der Waals surface area contributed by atoms with E-state index in [1.54, 1.807) is 12.1 Å². The van der Waals surface area contributed by atoms with Crippen molar-refractivity contribution in [3.8, 4) is 16.9 Å². The summed E-state index contributed by atoms with van der Waals surface area (Å²) in [6.07, 6.45) is 0. The van der Waals surface area contributed by atoms with Gasteiger partial charge in [-0.25, -0.2) is 8.78 Å². The highest BCUT2D eigenvalue weighted by Gasteiger charge is 2.14. The van der Waals surface area contributed by atoms with Gasteiger partial charge in [0.05, 0.1) is 12.7 Å². The molecule has 1 atom stereocenters. The molecule has 1 unspecified atom stereocenters. The van der Waals surface area contributed by atoms with Gasteiger partial charge in [-0.15, -0.1) is 0 Å². The Kier molecular flexibility index (Phi) is 4.35. The standard InChI is InChI=1S/C16H17F2NO/c1-10(19-2)11-4-6-12(7-5-11)16-14(17)8-13(20-3)9-15(16)18/h4-10,19H,1-3H3. The average molecular weight is 277 g/mol. The fourth-order valence-electron chi connectivity index (χ4n) is 2.05. The second-order valence-electron chi connectivity index (χ2n) is 4.60. The van der Waals surface area contributed by atoms with Crippen molar-refractivity contribution in [2.45, 2.75) is 13.0 Å². The maximum atomic E-state index is 14.0. The number of halogens is 2. The van der Waals surface area contributed by atoms with Gasteiger partial charge >= 0.3 is 0 Å². The molecule has 106 valence electrons. The van der Waals surface area contributed by atoms with Crippen LogP contribution in [0.4, 0.5) is 8.78 Å². The third-order valence-corrected chi connectivity index (χ3v) is 3.38. The highest BCUT2D eigenvalue weighted by molar-refractivity contribution is 5.66. The molecule has 0 fully saturated rings. The number of hydrogen-bond donors (Lipinski definition) is 1. The van der Waals surface area contributed by atoms with E-state index in [0.29, 0.717) is 5.56 Å². The van der Waals surface area contributed by atoms with E-state index in [0.717, 1.165) is 5.56 Å². The predicted molar refractivity (Wildman–Crippen MR) is 75.8 cm³/mol. The molecule has 1 N–H and O–H groups in total. The van der Waals surface area contributed by atoms with Crippen LogP contribution in [0.2, 0.25) is 0 Å². The molecule has 0 aromatic heterocycles. The maximum absolute atomic E-state index is 14.0. The maximum Gasteiger partial charge on any atom is 0.137 e. The first-order valence-corrected chi connectivity index (χ1v) is 6.37. The quantitative estimate of drug-likeness (QED) is 0.914. The molecule has 0 spiro atoms. The molecular weight excluding hydrogens is 260 g/mol. The molecule has 4 heteroatoms. The molecule has 2 nitrogen and oxygen atoms in total. The summed E-state index contributed by atoms with van der Waals surface area (Å²) in [7, 11) is 3.24. The summed E-state index contributed by atoms with van der Waals surface area (Å²) in [6.45, 7) is 2.02. The van der Waals surface area contributed by atoms with Gasteiger partial charge < -0.3 is 10.1 Å². The van der Waals surface area contributed by atoms with E-state index >= 15 is 0 Å². The van der Waals surface area contributed by atoms with Crippen LogP contribution in [-0.2, 0) is 0 Å². The fraction of sp³-hybridized carbons (Fsp3) is 0.250. The minimum absolute atomic E-state index is 0.0329. The summed E-state index contributed by atoms with van der Waals surface area (Å²) in [5.41, 5.74) is 1.54. The lowest BCUT2D eigenvalue weighted by Crippen LogP contribution is -2.11. The molecular formula is C16H17F2NO. The number of ether oxygens (including phenoxy) is 1. The van der Waals surface area contributed by atoms with Gasteiger partial charge in [-0.1, -0.05) is 24.3 Å². The van der Waals surface area contributed by atoms with Crippen LogP contribution in [-0.4, -0.2) is 14.2 Å². The summed E-state index contributed by atoms with van der Waals surface area (Å²) >= 11 is 0. The zero-order chi connectivity index (χ0) is 14.7. The summed E-state index contributed by atoms with van der Waals surface area (Å²) in [4.78, 5) is 0. The van der Waals surface area contributed by atoms with Crippen LogP contribution in [0, 0.1) is 11.6 Å². The van der Waals surface area contributed by atoms with Gasteiger partial charge in [0.25, 0.3) is 0 Å². The SMILES string of the molecule is CNC(C)c1ccc(-c2c(F)cc(OC)cc2F)cc1. The van der Waals surface area contributed by atoms with Crippen molar-refractivity contribution in [1.29, 1.82) is 0 Å². The molecule has 0 heterocycles. The summed E-state index contributed by atoms with van der Waals surface area (Å²) < 4.78 is 32.8. The molecule has 0 saturated carbocycles. The molecule has 2 aromatic rings. The van der Waals surface area contributed by atoms with Gasteiger partial charge in [0.1, 0.15) is 17.4 Å². The third-order valence-electron chi connectivity index (χ3n) is 3.38. The van der Waals surface area contributed by atoms with Crippen LogP contribution >= 0.6 is 0 Å². The van der Waals surface area contributed by atoms with Crippen molar-refractivity contribution in [2.75, 3.05) is 14.2 Å². The summed E-state index contributed by atoms with van der Waals surface area (Å²) in [5, 5.41) is 3.11. The van der Waals surface area contributed by atoms with Gasteiger partial charge in [0, 0.05) is 18.2 Å². The Morgan fingerprint density at radius 1 is 1.05 bits per heavy atom. The zero-order valence-corrected chi connectivity index (χ0v) is 11.7. The molecule has 0 radical (unpaired) electrons. The van der Waals surface area contributed by atoms with Crippen molar-refractivity contribution in [3.05, 3.63) is 53.6 Å². The molecule has 0 aliphatic rings. The van der Waals surface area contributed by atoms with Crippen molar-refractivity contribution < 1.29 is 13.5 Å². The van der Waals surface area contributed by atoms with E-state index < -0.39 is 11.6 Å². The zero-order valence-electron chi connectivity index (χ0n) is 11.7. The topological polar surface area (TPSA) is 21.3 Å². The van der Waals surface area contributed by atoms with E-state index in [-0.39, 0.29) is 17.4 Å². The van der Waals surface area contributed by atoms with E-state index in [1.807, 2.05) is 26.1 Å². The summed E-state index contributed by atoms with van der Waals surface area (Å²) in [5.74, 6) is -1.09. The fourth-order valence-corrected chi connectivity index (χ4v) is 2.05. The number of rotatable bonds is 4. The van der Waals surface area contributed by atoms with Gasteiger partial charge in [-0.05, 0) is 25.1 Å². The molecule has 2 aromatic carbocycles. The molecule has 0 amide bonds. The van der Waals surface area contributed by atoms with Crippen molar-refractivity contribution in [2.24, 2.45) is 0 Å². The monoisotopic (exact) mass is 277 g/mol. The van der Waals surface area contributed by atoms with Crippen LogP contribution < -0.4 is 10.1 Å². The Morgan fingerprint density at radius 2 is 1.60 bits per heavy atom. The van der Waals surface area contributed by atoms with E-state index in [2.05, 4.69) is 5.32 Å². The predicted octanol–water partition coefficient (Wildman–Crippen LogP) is 3.92. The lowest BCUT2D eigenvalue weighted by Gasteiger charge is -2.12. The van der Waals surface area contributed by atoms with Crippen LogP contribution in [0.3, 0.4) is 0 Å². The van der Waals surface area contributed by atoms with E-state index in [1.165, 1.54) is 19.2 Å². The number of methoxy groups -OCH3 is 1. The lowest BCUT2D eigenvalue weighted by molar-refractivity contribution is 0.407. The lowest BCUT2D eigenvalue weighted by atomic mass is 10.0. The van der Waals surface area contributed by atoms with Gasteiger partial charge in [-0.3, -0.25) is 0 Å². The number of nitrogens with one attached hydrogen (secondary N) is 1. The molecule has 0 aliphatic heterocycles. The summed E-state index contributed by atoms with van der Waals surface area (Å²) in [6, 6.07) is 9.72. The van der Waals surface area contributed by atoms with E-state index in [4.69, 9.17) is 4.74 Å². The molecule has 20 heavy (non-hydrogen) atoms. The second kappa shape index (κ2) is 6.01. The largest absolute Gasteiger partial charge is 0.497 e. The Hall–Kier alpha value is -1.94. The van der Waals surface area contributed by atoms with Crippen LogP contribution in [0.15, 0.2) is 36.4 Å². The Bertz CT molecular complexity index is 573. The van der Waals surface area contributed by atoms with Crippen LogP contribution in [0.25, 0.3) is 11.1 Å². The first-order chi connectivity index (χ1) is 9.56. The molecule has 0 saturated heterocycles. The minimum atomic E-state index is -0.628. The number of benzene rings is 2. The van der Waals surface area contributed by atoms with E-state index in [9.17, 15) is 8.78 Å². The van der Waals surface area contributed by atoms with Crippen molar-refractivity contribution >= 4 is 0 Å². The average Bonchev–Trinajstić information content (AvgIpc) is 2.46. The smallest absolute Gasteiger partial charge is 0.137 e. The molecule has 0 bridgehead atoms. The van der Waals surface area contributed by atoms with Gasteiger partial charge in [-0.2, -0.15) is 0 Å². The highest BCUT2D eigenvalue weighted by Crippen LogP contribution is 2.30. The highest BCUT2D eigenvalue weighted by atomic mass is 19.1. The Labute approximate surface area is 117 Å². The first kappa shape index (κ1) is 14.5. The Balaban J connectivity index is 2.42. The van der Waals surface area contributed by atoms with Crippen LogP contribution in [0.5, 0.6) is 5.75 Å². The van der Waals surface area contributed by atoms with Gasteiger partial charge in [0.15, 0.2) is 0 Å². The first-order valence-electron chi connectivity index (χ1n) is 6.37. The van der Waals surface area contributed by atoms with Crippen molar-refractivity contribution in [1.82, 2.24) is 5.32 Å². The second-order valence-corrected chi connectivity index (χ2v) is 4.60.